The molecule has 1 nitrogen and oxygen atoms in total. The molecule has 0 aromatic heterocycles. The minimum atomic E-state index is -1.77. The summed E-state index contributed by atoms with van der Waals surface area (Å²) in [6, 6.07) is 0.694. The van der Waals surface area contributed by atoms with Crippen molar-refractivity contribution in [2.24, 2.45) is 5.73 Å². The van der Waals surface area contributed by atoms with Crippen LogP contribution in [0.3, 0.4) is 0 Å². The lowest BCUT2D eigenvalue weighted by Gasteiger charge is -2.09. The lowest BCUT2D eigenvalue weighted by Crippen LogP contribution is -2.22. The van der Waals surface area contributed by atoms with Crippen LogP contribution in [-0.4, -0.2) is 5.54 Å². The van der Waals surface area contributed by atoms with Gasteiger partial charge in [-0.15, -0.1) is 0 Å². The van der Waals surface area contributed by atoms with Crippen LogP contribution in [0.25, 0.3) is 0 Å². The molecule has 1 aliphatic carbocycles. The fraction of sp³-hybridized carbons (Fsp3) is 0.455. The van der Waals surface area contributed by atoms with Crippen molar-refractivity contribution in [1.29, 1.82) is 0 Å². The predicted octanol–water partition coefficient (Wildman–Crippen LogP) is 2.67. The number of aryl methyl sites for hydroxylation is 1. The van der Waals surface area contributed by atoms with Crippen molar-refractivity contribution in [2.45, 2.75) is 31.2 Å². The monoisotopic (exact) mass is 233 g/mol. The van der Waals surface area contributed by atoms with Crippen molar-refractivity contribution in [3.8, 4) is 0 Å². The molecule has 1 aromatic rings. The summed E-state index contributed by atoms with van der Waals surface area (Å²) >= 11 is 0. The molecule has 88 valence electrons. The van der Waals surface area contributed by atoms with E-state index in [2.05, 4.69) is 0 Å². The Labute approximate surface area is 90.3 Å². The Balaban J connectivity index is 2.20. The molecule has 1 saturated carbocycles. The molecule has 2 N–H and O–H groups in total. The first-order valence-electron chi connectivity index (χ1n) is 5.04. The standard InChI is InChI=1S/C11H11F4N/c12-7-5-6(1-2-11(16)3-4-11)8(13)10(15)9(7)14/h5H,1-4,16H2. The van der Waals surface area contributed by atoms with Crippen molar-refractivity contribution in [2.75, 3.05) is 0 Å². The fourth-order valence-corrected chi connectivity index (χ4v) is 1.60. The van der Waals surface area contributed by atoms with Crippen LogP contribution < -0.4 is 5.73 Å². The number of hydrogen-bond acceptors (Lipinski definition) is 1. The third kappa shape index (κ3) is 2.04. The third-order valence-electron chi connectivity index (χ3n) is 2.96. The minimum Gasteiger partial charge on any atom is -0.325 e. The fourth-order valence-electron chi connectivity index (χ4n) is 1.60. The van der Waals surface area contributed by atoms with E-state index in [0.717, 1.165) is 12.8 Å². The summed E-state index contributed by atoms with van der Waals surface area (Å²) in [6.45, 7) is 0. The van der Waals surface area contributed by atoms with Crippen LogP contribution in [0.4, 0.5) is 17.6 Å². The van der Waals surface area contributed by atoms with Gasteiger partial charge in [-0.3, -0.25) is 0 Å². The topological polar surface area (TPSA) is 26.0 Å². The Morgan fingerprint density at radius 2 is 1.69 bits per heavy atom. The average molecular weight is 233 g/mol. The molecule has 1 aromatic carbocycles. The van der Waals surface area contributed by atoms with Gasteiger partial charge in [-0.1, -0.05) is 0 Å². The van der Waals surface area contributed by atoms with E-state index in [1.165, 1.54) is 0 Å². The first kappa shape index (κ1) is 11.4. The Bertz CT molecular complexity index is 426. The van der Waals surface area contributed by atoms with Crippen LogP contribution in [0.1, 0.15) is 24.8 Å². The van der Waals surface area contributed by atoms with E-state index in [1.807, 2.05) is 0 Å². The third-order valence-corrected chi connectivity index (χ3v) is 2.96. The first-order valence-corrected chi connectivity index (χ1v) is 5.04. The van der Waals surface area contributed by atoms with E-state index in [1.54, 1.807) is 0 Å². The van der Waals surface area contributed by atoms with Gasteiger partial charge in [-0.05, 0) is 37.3 Å². The zero-order chi connectivity index (χ0) is 11.9. The summed E-state index contributed by atoms with van der Waals surface area (Å²) in [5, 5.41) is 0. The number of benzene rings is 1. The molecule has 1 fully saturated rings. The van der Waals surface area contributed by atoms with Gasteiger partial charge in [0.25, 0.3) is 0 Å². The second-order valence-corrected chi connectivity index (χ2v) is 4.32. The Morgan fingerprint density at radius 1 is 1.06 bits per heavy atom. The molecule has 5 heteroatoms. The van der Waals surface area contributed by atoms with E-state index in [0.29, 0.717) is 12.5 Å². The van der Waals surface area contributed by atoms with Gasteiger partial charge in [0.15, 0.2) is 23.3 Å². The highest BCUT2D eigenvalue weighted by molar-refractivity contribution is 5.22. The summed E-state index contributed by atoms with van der Waals surface area (Å²) in [7, 11) is 0. The molecule has 1 aliphatic rings. The van der Waals surface area contributed by atoms with Crippen molar-refractivity contribution >= 4 is 0 Å². The molecule has 0 aliphatic heterocycles. The number of nitrogens with two attached hydrogens (primary N) is 1. The molecule has 16 heavy (non-hydrogen) atoms. The van der Waals surface area contributed by atoms with E-state index in [9.17, 15) is 17.6 Å². The highest BCUT2D eigenvalue weighted by Crippen LogP contribution is 2.37. The van der Waals surface area contributed by atoms with Gasteiger partial charge < -0.3 is 5.73 Å². The average Bonchev–Trinajstić information content (AvgIpc) is 2.98. The molecule has 0 unspecified atom stereocenters. The van der Waals surface area contributed by atoms with Crippen LogP contribution in [0.2, 0.25) is 0 Å². The van der Waals surface area contributed by atoms with Crippen LogP contribution in [0.15, 0.2) is 6.07 Å². The normalized spacial score (nSPS) is 17.6. The van der Waals surface area contributed by atoms with Gasteiger partial charge in [0.05, 0.1) is 0 Å². The Kier molecular flexibility index (Phi) is 2.66. The summed E-state index contributed by atoms with van der Waals surface area (Å²) in [6.07, 6.45) is 2.24. The zero-order valence-electron chi connectivity index (χ0n) is 8.49. The van der Waals surface area contributed by atoms with E-state index in [-0.39, 0.29) is 17.5 Å². The lowest BCUT2D eigenvalue weighted by molar-refractivity contribution is 0.402. The lowest BCUT2D eigenvalue weighted by atomic mass is 10.0. The number of rotatable bonds is 3. The van der Waals surface area contributed by atoms with Crippen LogP contribution in [-0.2, 0) is 6.42 Å². The second-order valence-electron chi connectivity index (χ2n) is 4.32. The van der Waals surface area contributed by atoms with E-state index in [4.69, 9.17) is 5.73 Å². The van der Waals surface area contributed by atoms with Crippen molar-refractivity contribution in [3.63, 3.8) is 0 Å². The molecule has 2 rings (SSSR count). The highest BCUT2D eigenvalue weighted by atomic mass is 19.2. The quantitative estimate of drug-likeness (QED) is 0.485. The molecule has 0 radical (unpaired) electrons. The molecular weight excluding hydrogens is 222 g/mol. The maximum absolute atomic E-state index is 13.2. The van der Waals surface area contributed by atoms with Crippen molar-refractivity contribution in [1.82, 2.24) is 0 Å². The summed E-state index contributed by atoms with van der Waals surface area (Å²) in [5.74, 6) is -6.20. The maximum Gasteiger partial charge on any atom is 0.197 e. The van der Waals surface area contributed by atoms with Gasteiger partial charge in [0.2, 0.25) is 0 Å². The second kappa shape index (κ2) is 3.73. The molecule has 0 saturated heterocycles. The summed E-state index contributed by atoms with van der Waals surface area (Å²) in [4.78, 5) is 0. The number of halogens is 4. The molecule has 0 spiro atoms. The van der Waals surface area contributed by atoms with Gasteiger partial charge in [-0.25, -0.2) is 17.6 Å². The molecular formula is C11H11F4N. The minimum absolute atomic E-state index is 0.121. The molecule has 0 bridgehead atoms. The van der Waals surface area contributed by atoms with E-state index < -0.39 is 23.3 Å². The Hall–Kier alpha value is -1.10. The van der Waals surface area contributed by atoms with E-state index >= 15 is 0 Å². The van der Waals surface area contributed by atoms with Crippen LogP contribution >= 0.6 is 0 Å². The molecule has 0 atom stereocenters. The Morgan fingerprint density at radius 3 is 2.25 bits per heavy atom. The van der Waals surface area contributed by atoms with Gasteiger partial charge in [0.1, 0.15) is 0 Å². The number of hydrogen-bond donors (Lipinski definition) is 1. The van der Waals surface area contributed by atoms with Crippen molar-refractivity contribution < 1.29 is 17.6 Å². The molecule has 0 amide bonds. The van der Waals surface area contributed by atoms with Gasteiger partial charge in [-0.2, -0.15) is 0 Å². The van der Waals surface area contributed by atoms with Crippen molar-refractivity contribution in [3.05, 3.63) is 34.9 Å². The van der Waals surface area contributed by atoms with Crippen LogP contribution in [0.5, 0.6) is 0 Å². The first-order chi connectivity index (χ1) is 7.43. The molecule has 0 heterocycles. The smallest absolute Gasteiger partial charge is 0.197 e. The largest absolute Gasteiger partial charge is 0.325 e. The van der Waals surface area contributed by atoms with Crippen LogP contribution in [0, 0.1) is 23.3 Å². The zero-order valence-corrected chi connectivity index (χ0v) is 8.49. The SMILES string of the molecule is NC1(CCc2cc(F)c(F)c(F)c2F)CC1. The summed E-state index contributed by atoms with van der Waals surface area (Å²) < 4.78 is 51.6. The highest BCUT2D eigenvalue weighted by Gasteiger charge is 2.37. The van der Waals surface area contributed by atoms with Gasteiger partial charge in [0, 0.05) is 5.54 Å². The summed E-state index contributed by atoms with van der Waals surface area (Å²) in [5.41, 5.74) is 5.28. The predicted molar refractivity (Wildman–Crippen MR) is 50.7 cm³/mol. The maximum atomic E-state index is 13.2. The van der Waals surface area contributed by atoms with Gasteiger partial charge >= 0.3 is 0 Å².